The average molecular weight is 60.9 g/mol. The molecule has 0 aliphatic carbocycles. The van der Waals surface area contributed by atoms with E-state index in [1.165, 1.54) is 0 Å². The first-order chi connectivity index (χ1) is 1.00. The number of hydrogen-bond acceptors (Lipinski definition) is 2. The molecule has 0 aliphatic rings. The van der Waals surface area contributed by atoms with Crippen LogP contribution in [0, 0.1) is 0 Å². The van der Waals surface area contributed by atoms with Crippen molar-refractivity contribution in [1.82, 2.24) is 0 Å². The normalized spacial score (nSPS) is 1.50. The van der Waals surface area contributed by atoms with Gasteiger partial charge in [-0.25, -0.2) is 0 Å². The molecule has 25 valence electrons. The van der Waals surface area contributed by atoms with Crippen LogP contribution in [0.1, 0.15) is 0 Å². The predicted octanol–water partition coefficient (Wildman–Crippen LogP) is -2.39. The van der Waals surface area contributed by atoms with E-state index in [4.69, 9.17) is 0 Å². The van der Waals surface area contributed by atoms with Crippen LogP contribution in [0.3, 0.4) is 0 Å². The maximum Gasteiger partial charge on any atom is 0 e. The topological polar surface area (TPSA) is 83.5 Å². The Morgan fingerprint density at radius 1 is 1.00 bits per heavy atom. The minimum absolute atomic E-state index is 0. The van der Waals surface area contributed by atoms with Crippen LogP contribution < -0.4 is 11.7 Å². The van der Waals surface area contributed by atoms with Crippen molar-refractivity contribution in [3.63, 3.8) is 0 Å². The van der Waals surface area contributed by atoms with Gasteiger partial charge in [0.2, 0.25) is 0 Å². The maximum absolute atomic E-state index is 4.00. The zero-order valence-corrected chi connectivity index (χ0v) is 2.23. The van der Waals surface area contributed by atoms with Crippen molar-refractivity contribution in [1.29, 1.82) is 0 Å². The molecule has 0 aromatic rings. The molecule has 0 heterocycles. The summed E-state index contributed by atoms with van der Waals surface area (Å²) in [5.74, 6) is 8.00. The minimum Gasteiger partial charge on any atom is -0.412 e. The first-order valence-corrected chi connectivity index (χ1v) is 0.333. The molecule has 0 saturated carbocycles. The second-order valence-electron chi connectivity index (χ2n) is 0. The molecule has 6 N–H and O–H groups in total. The lowest BCUT2D eigenvalue weighted by Crippen LogP contribution is -2.02. The van der Waals surface area contributed by atoms with Crippen LogP contribution in [0.4, 0.5) is 0 Å². The molecule has 0 bridgehead atoms. The molecule has 0 atom stereocenters. The number of hydrazine groups is 1. The van der Waals surface area contributed by atoms with Crippen LogP contribution in [-0.2, 0) is 0 Å². The Hall–Kier alpha value is -0.0551. The van der Waals surface area contributed by atoms with Gasteiger partial charge in [-0.2, -0.15) is 0 Å². The maximum atomic E-state index is 4.00. The van der Waals surface area contributed by atoms with Crippen molar-refractivity contribution in [2.24, 2.45) is 11.7 Å². The van der Waals surface area contributed by atoms with Crippen molar-refractivity contribution >= 4 is 8.41 Å². The van der Waals surface area contributed by atoms with Crippen LogP contribution in [0.2, 0.25) is 0 Å². The van der Waals surface area contributed by atoms with Crippen molar-refractivity contribution in [2.45, 2.75) is 0 Å². The molecule has 4 heteroatoms. The van der Waals surface area contributed by atoms with E-state index >= 15 is 0 Å². The summed E-state index contributed by atoms with van der Waals surface area (Å²) in [5.41, 5.74) is 0. The second-order valence-corrected chi connectivity index (χ2v) is 0. The molecule has 3 radical (unpaired) electrons. The molecular formula is H6BN2O. The SMILES string of the molecule is NN.O.[B]. The van der Waals surface area contributed by atoms with Crippen molar-refractivity contribution in [3.8, 4) is 0 Å². The Morgan fingerprint density at radius 3 is 1.00 bits per heavy atom. The zero-order valence-electron chi connectivity index (χ0n) is 2.23. The summed E-state index contributed by atoms with van der Waals surface area (Å²) in [7, 11) is 0. The van der Waals surface area contributed by atoms with Crippen LogP contribution >= 0.6 is 0 Å². The Kier molecular flexibility index (Phi) is 35200. The third kappa shape index (κ3) is 573. The second kappa shape index (κ2) is 3670. The van der Waals surface area contributed by atoms with E-state index in [0.717, 1.165) is 0 Å². The van der Waals surface area contributed by atoms with E-state index in [2.05, 4.69) is 11.7 Å². The van der Waals surface area contributed by atoms with Crippen molar-refractivity contribution in [3.05, 3.63) is 0 Å². The fourth-order valence-corrected chi connectivity index (χ4v) is 0. The van der Waals surface area contributed by atoms with Gasteiger partial charge in [0.25, 0.3) is 0 Å². The number of nitrogens with two attached hydrogens (primary N) is 2. The quantitative estimate of drug-likeness (QED) is 0.186. The van der Waals surface area contributed by atoms with Crippen LogP contribution in [-0.4, -0.2) is 13.9 Å². The van der Waals surface area contributed by atoms with Gasteiger partial charge in [-0.3, -0.25) is 11.7 Å². The highest BCUT2D eigenvalue weighted by Gasteiger charge is 0.726. The van der Waals surface area contributed by atoms with Gasteiger partial charge in [0.1, 0.15) is 0 Å². The van der Waals surface area contributed by atoms with Gasteiger partial charge in [0.05, 0.1) is 0 Å². The lowest BCUT2D eigenvalue weighted by Gasteiger charge is -1.27. The fourth-order valence-electron chi connectivity index (χ4n) is 0. The highest BCUT2D eigenvalue weighted by atomic mass is 16.0. The molecule has 0 unspecified atom stereocenters. The van der Waals surface area contributed by atoms with Gasteiger partial charge in [0, 0.05) is 8.41 Å². The molecule has 0 aromatic carbocycles. The molecule has 3 nitrogen and oxygen atoms in total. The number of rotatable bonds is 0. The standard InChI is InChI=1S/B.H4N2.H2O/c;1-2;/h;1-2H2;1H2. The van der Waals surface area contributed by atoms with E-state index in [1.807, 2.05) is 0 Å². The van der Waals surface area contributed by atoms with E-state index in [-0.39, 0.29) is 13.9 Å². The molecule has 0 fully saturated rings. The molecular weight excluding hydrogens is 54.8 g/mol. The monoisotopic (exact) mass is 61.1 g/mol. The molecule has 0 aromatic heterocycles. The van der Waals surface area contributed by atoms with Crippen molar-refractivity contribution in [2.75, 3.05) is 0 Å². The zero-order chi connectivity index (χ0) is 2.00. The summed E-state index contributed by atoms with van der Waals surface area (Å²) in [5, 5.41) is 0. The van der Waals surface area contributed by atoms with Gasteiger partial charge < -0.3 is 5.48 Å². The fraction of sp³-hybridized carbons (Fsp3) is 0. The third-order valence-corrected chi connectivity index (χ3v) is 0. The highest BCUT2D eigenvalue weighted by Crippen LogP contribution is -0.0190. The summed E-state index contributed by atoms with van der Waals surface area (Å²) in [6.45, 7) is 0. The van der Waals surface area contributed by atoms with Crippen LogP contribution in [0.5, 0.6) is 0 Å². The Morgan fingerprint density at radius 2 is 1.00 bits per heavy atom. The van der Waals surface area contributed by atoms with Gasteiger partial charge in [-0.1, -0.05) is 0 Å². The summed E-state index contributed by atoms with van der Waals surface area (Å²) < 4.78 is 0. The average Bonchev–Trinajstić information content (AvgIpc) is 1.00. The third-order valence-electron chi connectivity index (χ3n) is 0. The van der Waals surface area contributed by atoms with E-state index < -0.39 is 0 Å². The lowest BCUT2D eigenvalue weighted by molar-refractivity contribution is 0.824. The molecule has 0 rings (SSSR count). The molecule has 0 amide bonds. The van der Waals surface area contributed by atoms with Crippen molar-refractivity contribution < 1.29 is 5.48 Å². The Bertz CT molecular complexity index is 6.00. The summed E-state index contributed by atoms with van der Waals surface area (Å²) >= 11 is 0. The Balaban J connectivity index is -0.00000000500. The largest absolute Gasteiger partial charge is 0.412 e. The van der Waals surface area contributed by atoms with Gasteiger partial charge >= 0.3 is 0 Å². The van der Waals surface area contributed by atoms with E-state index in [9.17, 15) is 0 Å². The smallest absolute Gasteiger partial charge is 0 e. The minimum atomic E-state index is 0. The first kappa shape index (κ1) is 38.3. The van der Waals surface area contributed by atoms with E-state index in [0.29, 0.717) is 0 Å². The van der Waals surface area contributed by atoms with Crippen LogP contribution in [0.25, 0.3) is 0 Å². The van der Waals surface area contributed by atoms with Gasteiger partial charge in [-0.05, 0) is 0 Å². The van der Waals surface area contributed by atoms with E-state index in [1.54, 1.807) is 0 Å². The van der Waals surface area contributed by atoms with Crippen LogP contribution in [0.15, 0.2) is 0 Å². The summed E-state index contributed by atoms with van der Waals surface area (Å²) in [6.07, 6.45) is 0. The lowest BCUT2D eigenvalue weighted by atomic mass is 10.8. The van der Waals surface area contributed by atoms with Gasteiger partial charge in [-0.15, -0.1) is 0 Å². The predicted molar refractivity (Wildman–Crippen MR) is 17.7 cm³/mol. The summed E-state index contributed by atoms with van der Waals surface area (Å²) in [6, 6.07) is 0. The van der Waals surface area contributed by atoms with Gasteiger partial charge in [0.15, 0.2) is 0 Å². The molecule has 0 spiro atoms. The first-order valence-electron chi connectivity index (χ1n) is 0.333. The Labute approximate surface area is 26.8 Å². The molecule has 4 heavy (non-hydrogen) atoms. The summed E-state index contributed by atoms with van der Waals surface area (Å²) in [4.78, 5) is 0. The number of hydrogen-bond donors (Lipinski definition) is 2. The molecule has 0 saturated heterocycles. The molecule has 0 aliphatic heterocycles. The highest BCUT2D eigenvalue weighted by molar-refractivity contribution is 5.75.